The van der Waals surface area contributed by atoms with Crippen LogP contribution in [0.1, 0.15) is 26.7 Å². The van der Waals surface area contributed by atoms with E-state index in [1.54, 1.807) is 14.2 Å². The maximum atomic E-state index is 9.10. The Balaban J connectivity index is 3.17. The minimum atomic E-state index is 0.179. The van der Waals surface area contributed by atoms with Gasteiger partial charge in [-0.2, -0.15) is 0 Å². The lowest BCUT2D eigenvalue weighted by molar-refractivity contribution is 0.290. The Morgan fingerprint density at radius 2 is 1.80 bits per heavy atom. The van der Waals surface area contributed by atoms with Crippen LogP contribution in [-0.2, 0) is 0 Å². The van der Waals surface area contributed by atoms with Crippen molar-refractivity contribution >= 4 is 5.69 Å². The van der Waals surface area contributed by atoms with Crippen LogP contribution >= 0.6 is 0 Å². The number of benzene rings is 1. The van der Waals surface area contributed by atoms with Crippen molar-refractivity contribution in [3.63, 3.8) is 0 Å². The second-order valence-electron chi connectivity index (χ2n) is 4.43. The van der Waals surface area contributed by atoms with Gasteiger partial charge in [0.25, 0.3) is 0 Å². The van der Waals surface area contributed by atoms with Gasteiger partial charge in [-0.3, -0.25) is 0 Å². The molecule has 0 heterocycles. The number of rotatable bonds is 8. The van der Waals surface area contributed by atoms with Crippen LogP contribution in [0, 0.1) is 0 Å². The molecule has 1 aromatic rings. The number of allylic oxidation sites excluding steroid dienone is 2. The first-order valence-corrected chi connectivity index (χ1v) is 6.96. The van der Waals surface area contributed by atoms with Crippen LogP contribution in [0.25, 0.3) is 0 Å². The standard InChI is InChI=1S/C16H25NO3/c1-5-13(6-2)17(8-7-9-18)14-10-15(19-3)12-16(11-14)20-4/h5,10-12,18H,6-9H2,1-4H3/b13-5+. The van der Waals surface area contributed by atoms with Crippen molar-refractivity contribution in [1.29, 1.82) is 0 Å². The lowest BCUT2D eigenvalue weighted by atomic mass is 10.2. The normalized spacial score (nSPS) is 11.3. The summed E-state index contributed by atoms with van der Waals surface area (Å²) in [5.41, 5.74) is 2.23. The highest BCUT2D eigenvalue weighted by Gasteiger charge is 2.12. The summed E-state index contributed by atoms with van der Waals surface area (Å²) in [6.07, 6.45) is 3.75. The van der Waals surface area contributed by atoms with E-state index < -0.39 is 0 Å². The molecule has 0 saturated heterocycles. The first-order chi connectivity index (χ1) is 9.69. The van der Waals surface area contributed by atoms with E-state index in [2.05, 4.69) is 17.9 Å². The number of aliphatic hydroxyl groups excluding tert-OH is 1. The zero-order valence-electron chi connectivity index (χ0n) is 12.8. The third-order valence-electron chi connectivity index (χ3n) is 3.23. The van der Waals surface area contributed by atoms with E-state index in [-0.39, 0.29) is 6.61 Å². The fourth-order valence-corrected chi connectivity index (χ4v) is 2.17. The van der Waals surface area contributed by atoms with E-state index in [4.69, 9.17) is 14.6 Å². The molecular formula is C16H25NO3. The summed E-state index contributed by atoms with van der Waals surface area (Å²) in [6, 6.07) is 5.83. The molecule has 4 nitrogen and oxygen atoms in total. The summed E-state index contributed by atoms with van der Waals surface area (Å²) in [7, 11) is 3.29. The van der Waals surface area contributed by atoms with Gasteiger partial charge in [0.15, 0.2) is 0 Å². The predicted octanol–water partition coefficient (Wildman–Crippen LogP) is 3.21. The van der Waals surface area contributed by atoms with Crippen molar-refractivity contribution in [2.45, 2.75) is 26.7 Å². The molecule has 0 aliphatic heterocycles. The molecule has 0 atom stereocenters. The lowest BCUT2D eigenvalue weighted by Crippen LogP contribution is -2.24. The molecule has 0 unspecified atom stereocenters. The lowest BCUT2D eigenvalue weighted by Gasteiger charge is -2.27. The van der Waals surface area contributed by atoms with E-state index in [0.717, 1.165) is 36.6 Å². The van der Waals surface area contributed by atoms with Crippen LogP contribution in [0.2, 0.25) is 0 Å². The van der Waals surface area contributed by atoms with Gasteiger partial charge in [-0.05, 0) is 19.8 Å². The fourth-order valence-electron chi connectivity index (χ4n) is 2.17. The average Bonchev–Trinajstić information content (AvgIpc) is 2.50. The first kappa shape index (κ1) is 16.4. The maximum Gasteiger partial charge on any atom is 0.124 e. The second-order valence-corrected chi connectivity index (χ2v) is 4.43. The van der Waals surface area contributed by atoms with Gasteiger partial charge in [-0.25, -0.2) is 0 Å². The molecule has 0 amide bonds. The molecule has 1 N–H and O–H groups in total. The summed E-state index contributed by atoms with van der Waals surface area (Å²) >= 11 is 0. The van der Waals surface area contributed by atoms with Gasteiger partial charge in [0, 0.05) is 42.7 Å². The van der Waals surface area contributed by atoms with Gasteiger partial charge in [-0.1, -0.05) is 13.0 Å². The smallest absolute Gasteiger partial charge is 0.124 e. The molecule has 0 fully saturated rings. The molecule has 0 aliphatic carbocycles. The molecule has 0 radical (unpaired) electrons. The van der Waals surface area contributed by atoms with Crippen LogP contribution in [0.3, 0.4) is 0 Å². The van der Waals surface area contributed by atoms with Crippen LogP contribution in [0.5, 0.6) is 11.5 Å². The Hall–Kier alpha value is -1.68. The third kappa shape index (κ3) is 4.17. The van der Waals surface area contributed by atoms with Gasteiger partial charge >= 0.3 is 0 Å². The highest BCUT2D eigenvalue weighted by atomic mass is 16.5. The number of nitrogens with zero attached hydrogens (tertiary/aromatic N) is 1. The van der Waals surface area contributed by atoms with Gasteiger partial charge in [-0.15, -0.1) is 0 Å². The highest BCUT2D eigenvalue weighted by molar-refractivity contribution is 5.59. The van der Waals surface area contributed by atoms with E-state index in [1.165, 1.54) is 5.70 Å². The van der Waals surface area contributed by atoms with Crippen LogP contribution in [0.4, 0.5) is 5.69 Å². The molecule has 20 heavy (non-hydrogen) atoms. The average molecular weight is 279 g/mol. The topological polar surface area (TPSA) is 41.9 Å². The summed E-state index contributed by atoms with van der Waals surface area (Å²) in [5, 5.41) is 9.10. The number of methoxy groups -OCH3 is 2. The number of aliphatic hydroxyl groups is 1. The van der Waals surface area contributed by atoms with Gasteiger partial charge in [0.2, 0.25) is 0 Å². The van der Waals surface area contributed by atoms with Gasteiger partial charge in [0.1, 0.15) is 11.5 Å². The molecule has 0 bridgehead atoms. The van der Waals surface area contributed by atoms with Crippen molar-refractivity contribution in [2.24, 2.45) is 0 Å². The minimum Gasteiger partial charge on any atom is -0.497 e. The maximum absolute atomic E-state index is 9.10. The number of hydrogen-bond acceptors (Lipinski definition) is 4. The molecule has 112 valence electrons. The van der Waals surface area contributed by atoms with Crippen molar-refractivity contribution in [3.8, 4) is 11.5 Å². The second kappa shape index (κ2) is 8.48. The predicted molar refractivity (Wildman–Crippen MR) is 82.6 cm³/mol. The van der Waals surface area contributed by atoms with Crippen LogP contribution < -0.4 is 14.4 Å². The number of hydrogen-bond donors (Lipinski definition) is 1. The molecule has 0 aromatic heterocycles. The Morgan fingerprint density at radius 1 is 1.20 bits per heavy atom. The Labute approximate surface area is 121 Å². The van der Waals surface area contributed by atoms with E-state index in [9.17, 15) is 0 Å². The Morgan fingerprint density at radius 3 is 2.20 bits per heavy atom. The molecule has 0 aliphatic rings. The minimum absolute atomic E-state index is 0.179. The SMILES string of the molecule is C/C=C(\CC)N(CCCO)c1cc(OC)cc(OC)c1. The molecular weight excluding hydrogens is 254 g/mol. The quantitative estimate of drug-likeness (QED) is 0.793. The molecule has 4 heteroatoms. The largest absolute Gasteiger partial charge is 0.497 e. The zero-order chi connectivity index (χ0) is 15.0. The third-order valence-corrected chi connectivity index (χ3v) is 3.23. The van der Waals surface area contributed by atoms with Gasteiger partial charge < -0.3 is 19.5 Å². The monoisotopic (exact) mass is 279 g/mol. The van der Waals surface area contributed by atoms with E-state index in [0.29, 0.717) is 0 Å². The summed E-state index contributed by atoms with van der Waals surface area (Å²) in [6.45, 7) is 5.10. The molecule has 0 saturated carbocycles. The van der Waals surface area contributed by atoms with Crippen molar-refractivity contribution in [2.75, 3.05) is 32.3 Å². The van der Waals surface area contributed by atoms with E-state index >= 15 is 0 Å². The molecule has 0 spiro atoms. The van der Waals surface area contributed by atoms with Crippen LogP contribution in [-0.4, -0.2) is 32.5 Å². The summed E-state index contributed by atoms with van der Waals surface area (Å²) in [4.78, 5) is 2.20. The van der Waals surface area contributed by atoms with Crippen molar-refractivity contribution in [1.82, 2.24) is 0 Å². The highest BCUT2D eigenvalue weighted by Crippen LogP contribution is 2.31. The Bertz CT molecular complexity index is 421. The van der Waals surface area contributed by atoms with Gasteiger partial charge in [0.05, 0.1) is 14.2 Å². The zero-order valence-corrected chi connectivity index (χ0v) is 12.8. The van der Waals surface area contributed by atoms with Crippen LogP contribution in [0.15, 0.2) is 30.0 Å². The molecule has 1 rings (SSSR count). The first-order valence-electron chi connectivity index (χ1n) is 6.96. The van der Waals surface area contributed by atoms with Crippen molar-refractivity contribution < 1.29 is 14.6 Å². The number of anilines is 1. The Kier molecular flexibility index (Phi) is 6.94. The number of ether oxygens (including phenoxy) is 2. The van der Waals surface area contributed by atoms with Crippen molar-refractivity contribution in [3.05, 3.63) is 30.0 Å². The molecule has 1 aromatic carbocycles. The summed E-state index contributed by atoms with van der Waals surface area (Å²) in [5.74, 6) is 1.53. The van der Waals surface area contributed by atoms with E-state index in [1.807, 2.05) is 25.1 Å². The fraction of sp³-hybridized carbons (Fsp3) is 0.500. The summed E-state index contributed by atoms with van der Waals surface area (Å²) < 4.78 is 10.6.